The van der Waals surface area contributed by atoms with Gasteiger partial charge in [0.15, 0.2) is 5.78 Å². The molecule has 24 heavy (non-hydrogen) atoms. The molecule has 0 heterocycles. The first-order valence-corrected chi connectivity index (χ1v) is 8.15. The van der Waals surface area contributed by atoms with E-state index < -0.39 is 0 Å². The SMILES string of the molecule is N/C=C(\C=C(\CN)Cc1ccccc1)C(=O)CCc1ccccc1. The lowest BCUT2D eigenvalue weighted by molar-refractivity contribution is -0.115. The lowest BCUT2D eigenvalue weighted by atomic mass is 9.98. The van der Waals surface area contributed by atoms with Crippen molar-refractivity contribution in [2.45, 2.75) is 19.3 Å². The minimum atomic E-state index is 0.0420. The van der Waals surface area contributed by atoms with E-state index in [0.717, 1.165) is 17.6 Å². The van der Waals surface area contributed by atoms with Crippen molar-refractivity contribution in [3.8, 4) is 0 Å². The average Bonchev–Trinajstić information content (AvgIpc) is 2.64. The topological polar surface area (TPSA) is 69.1 Å². The fourth-order valence-electron chi connectivity index (χ4n) is 2.53. The predicted molar refractivity (Wildman–Crippen MR) is 99.3 cm³/mol. The molecule has 2 aromatic carbocycles. The summed E-state index contributed by atoms with van der Waals surface area (Å²) < 4.78 is 0. The Bertz CT molecular complexity index is 703. The van der Waals surface area contributed by atoms with Crippen LogP contribution in [0.2, 0.25) is 0 Å². The number of ketones is 1. The zero-order valence-electron chi connectivity index (χ0n) is 13.8. The number of allylic oxidation sites excluding steroid dienone is 2. The Labute approximate surface area is 143 Å². The van der Waals surface area contributed by atoms with Gasteiger partial charge in [-0.3, -0.25) is 4.79 Å². The normalized spacial score (nSPS) is 12.2. The molecule has 0 aliphatic carbocycles. The van der Waals surface area contributed by atoms with E-state index in [9.17, 15) is 4.79 Å². The van der Waals surface area contributed by atoms with Gasteiger partial charge in [-0.2, -0.15) is 0 Å². The van der Waals surface area contributed by atoms with Crippen molar-refractivity contribution < 1.29 is 4.79 Å². The standard InChI is InChI=1S/C21H24N2O/c22-15-19(13-18-9-5-2-6-10-18)14-20(16-23)21(24)12-11-17-7-3-1-4-8-17/h1-10,14,16H,11-13,15,22-23H2/b19-14+,20-16+. The summed E-state index contributed by atoms with van der Waals surface area (Å²) in [5.41, 5.74) is 15.3. The van der Waals surface area contributed by atoms with Gasteiger partial charge in [0.25, 0.3) is 0 Å². The summed E-state index contributed by atoms with van der Waals surface area (Å²) in [6.07, 6.45) is 5.09. The lowest BCUT2D eigenvalue weighted by Gasteiger charge is -2.08. The van der Waals surface area contributed by atoms with Gasteiger partial charge in [0.1, 0.15) is 0 Å². The van der Waals surface area contributed by atoms with Crippen LogP contribution in [0.25, 0.3) is 0 Å². The smallest absolute Gasteiger partial charge is 0.164 e. The number of rotatable bonds is 8. The molecule has 0 unspecified atom stereocenters. The fraction of sp³-hybridized carbons (Fsp3) is 0.190. The van der Waals surface area contributed by atoms with Gasteiger partial charge >= 0.3 is 0 Å². The minimum absolute atomic E-state index is 0.0420. The number of aryl methyl sites for hydroxylation is 1. The Balaban J connectivity index is 2.01. The van der Waals surface area contributed by atoms with E-state index in [1.165, 1.54) is 11.8 Å². The molecule has 0 bridgehead atoms. The Hall–Kier alpha value is -2.65. The van der Waals surface area contributed by atoms with Crippen molar-refractivity contribution in [2.24, 2.45) is 11.5 Å². The van der Waals surface area contributed by atoms with E-state index in [1.807, 2.05) is 66.7 Å². The van der Waals surface area contributed by atoms with Crippen LogP contribution >= 0.6 is 0 Å². The van der Waals surface area contributed by atoms with Crippen LogP contribution in [0.5, 0.6) is 0 Å². The largest absolute Gasteiger partial charge is 0.404 e. The van der Waals surface area contributed by atoms with Crippen LogP contribution in [0.15, 0.2) is 84.1 Å². The third kappa shape index (κ3) is 5.52. The Kier molecular flexibility index (Phi) is 6.99. The quantitative estimate of drug-likeness (QED) is 0.580. The summed E-state index contributed by atoms with van der Waals surface area (Å²) in [6, 6.07) is 20.0. The number of carbonyl (C=O) groups is 1. The van der Waals surface area contributed by atoms with Crippen molar-refractivity contribution in [3.05, 3.63) is 95.2 Å². The van der Waals surface area contributed by atoms with E-state index >= 15 is 0 Å². The van der Waals surface area contributed by atoms with Gasteiger partial charge in [0.05, 0.1) is 0 Å². The molecular formula is C21H24N2O. The van der Waals surface area contributed by atoms with Crippen molar-refractivity contribution in [2.75, 3.05) is 6.54 Å². The number of carbonyl (C=O) groups excluding carboxylic acids is 1. The number of benzene rings is 2. The van der Waals surface area contributed by atoms with Crippen molar-refractivity contribution in [1.29, 1.82) is 0 Å². The first-order chi connectivity index (χ1) is 11.7. The maximum atomic E-state index is 12.4. The molecular weight excluding hydrogens is 296 g/mol. The number of nitrogens with two attached hydrogens (primary N) is 2. The second kappa shape index (κ2) is 9.48. The molecule has 0 aliphatic rings. The summed E-state index contributed by atoms with van der Waals surface area (Å²) in [5.74, 6) is 0.0420. The van der Waals surface area contributed by atoms with Crippen LogP contribution in [0.1, 0.15) is 17.5 Å². The number of hydrogen-bond donors (Lipinski definition) is 2. The minimum Gasteiger partial charge on any atom is -0.404 e. The molecule has 0 spiro atoms. The molecule has 0 atom stereocenters. The van der Waals surface area contributed by atoms with Gasteiger partial charge in [0.2, 0.25) is 0 Å². The van der Waals surface area contributed by atoms with Crippen molar-refractivity contribution in [1.82, 2.24) is 0 Å². The van der Waals surface area contributed by atoms with Gasteiger partial charge < -0.3 is 11.5 Å². The van der Waals surface area contributed by atoms with Gasteiger partial charge in [-0.25, -0.2) is 0 Å². The molecule has 0 fully saturated rings. The molecule has 3 nitrogen and oxygen atoms in total. The van der Waals surface area contributed by atoms with E-state index in [1.54, 1.807) is 0 Å². The summed E-state index contributed by atoms with van der Waals surface area (Å²) in [7, 11) is 0. The fourth-order valence-corrected chi connectivity index (χ4v) is 2.53. The maximum absolute atomic E-state index is 12.4. The van der Waals surface area contributed by atoms with E-state index in [0.29, 0.717) is 25.0 Å². The summed E-state index contributed by atoms with van der Waals surface area (Å²) in [5, 5.41) is 0. The van der Waals surface area contributed by atoms with Crippen LogP contribution in [-0.2, 0) is 17.6 Å². The van der Waals surface area contributed by atoms with Crippen LogP contribution in [-0.4, -0.2) is 12.3 Å². The second-order valence-corrected chi connectivity index (χ2v) is 5.70. The van der Waals surface area contributed by atoms with E-state index in [4.69, 9.17) is 11.5 Å². The van der Waals surface area contributed by atoms with Crippen LogP contribution < -0.4 is 11.5 Å². The Morgan fingerprint density at radius 2 is 1.50 bits per heavy atom. The predicted octanol–water partition coefficient (Wildman–Crippen LogP) is 3.16. The molecule has 0 saturated heterocycles. The van der Waals surface area contributed by atoms with Crippen LogP contribution in [0.4, 0.5) is 0 Å². The van der Waals surface area contributed by atoms with Gasteiger partial charge in [-0.05, 0) is 30.0 Å². The molecule has 0 aromatic heterocycles. The molecule has 4 N–H and O–H groups in total. The Morgan fingerprint density at radius 1 is 0.917 bits per heavy atom. The van der Waals surface area contributed by atoms with Crippen LogP contribution in [0.3, 0.4) is 0 Å². The Morgan fingerprint density at radius 3 is 2.04 bits per heavy atom. The van der Waals surface area contributed by atoms with Gasteiger partial charge in [-0.1, -0.05) is 66.2 Å². The molecule has 3 heteroatoms. The highest BCUT2D eigenvalue weighted by molar-refractivity contribution is 5.98. The zero-order valence-corrected chi connectivity index (χ0v) is 13.8. The van der Waals surface area contributed by atoms with Crippen molar-refractivity contribution >= 4 is 5.78 Å². The molecule has 2 aromatic rings. The van der Waals surface area contributed by atoms with Gasteiger partial charge in [0, 0.05) is 24.7 Å². The maximum Gasteiger partial charge on any atom is 0.164 e. The molecule has 124 valence electrons. The molecule has 0 saturated carbocycles. The number of Topliss-reactive ketones (excluding diaryl/α,β-unsaturated/α-hetero) is 1. The zero-order chi connectivity index (χ0) is 17.2. The summed E-state index contributed by atoms with van der Waals surface area (Å²) in [4.78, 5) is 12.4. The summed E-state index contributed by atoms with van der Waals surface area (Å²) >= 11 is 0. The van der Waals surface area contributed by atoms with Crippen molar-refractivity contribution in [3.63, 3.8) is 0 Å². The molecule has 0 amide bonds. The third-order valence-electron chi connectivity index (χ3n) is 3.88. The lowest BCUT2D eigenvalue weighted by Crippen LogP contribution is -2.10. The highest BCUT2D eigenvalue weighted by atomic mass is 16.1. The molecule has 2 rings (SSSR count). The van der Waals surface area contributed by atoms with Gasteiger partial charge in [-0.15, -0.1) is 0 Å². The first-order valence-electron chi connectivity index (χ1n) is 8.15. The summed E-state index contributed by atoms with van der Waals surface area (Å²) in [6.45, 7) is 0.401. The average molecular weight is 320 g/mol. The van der Waals surface area contributed by atoms with E-state index in [2.05, 4.69) is 0 Å². The van der Waals surface area contributed by atoms with Crippen LogP contribution in [0, 0.1) is 0 Å². The third-order valence-corrected chi connectivity index (χ3v) is 3.88. The monoisotopic (exact) mass is 320 g/mol. The highest BCUT2D eigenvalue weighted by Gasteiger charge is 2.09. The highest BCUT2D eigenvalue weighted by Crippen LogP contribution is 2.13. The number of hydrogen-bond acceptors (Lipinski definition) is 3. The molecule has 0 aliphatic heterocycles. The first kappa shape index (κ1) is 17.7. The second-order valence-electron chi connectivity index (χ2n) is 5.70. The van der Waals surface area contributed by atoms with E-state index in [-0.39, 0.29) is 5.78 Å². The molecule has 0 radical (unpaired) electrons.